The lowest BCUT2D eigenvalue weighted by molar-refractivity contribution is -0.129. The summed E-state index contributed by atoms with van der Waals surface area (Å²) in [7, 11) is 0. The number of aryl methyl sites for hydroxylation is 1. The number of piperazine rings is 1. The van der Waals surface area contributed by atoms with Crippen LogP contribution in [0.1, 0.15) is 47.4 Å². The third-order valence-corrected chi connectivity index (χ3v) is 6.43. The van der Waals surface area contributed by atoms with Gasteiger partial charge in [0.1, 0.15) is 5.76 Å². The molecular weight excluding hydrogens is 378 g/mol. The fourth-order valence-corrected chi connectivity index (χ4v) is 4.73. The van der Waals surface area contributed by atoms with Crippen molar-refractivity contribution in [3.05, 3.63) is 59.5 Å². The van der Waals surface area contributed by atoms with E-state index in [4.69, 9.17) is 4.42 Å². The Morgan fingerprint density at radius 1 is 1.07 bits per heavy atom. The molecule has 6 heteroatoms. The minimum Gasteiger partial charge on any atom is -0.467 e. The number of furan rings is 1. The molecule has 1 atom stereocenters. The van der Waals surface area contributed by atoms with Crippen LogP contribution in [0.4, 0.5) is 0 Å². The van der Waals surface area contributed by atoms with Gasteiger partial charge in [-0.1, -0.05) is 30.5 Å². The number of nitrogens with one attached hydrogen (secondary N) is 1. The van der Waals surface area contributed by atoms with Crippen molar-refractivity contribution in [2.45, 2.75) is 45.2 Å². The van der Waals surface area contributed by atoms with E-state index in [9.17, 15) is 9.59 Å². The molecule has 1 aromatic heterocycles. The molecule has 1 saturated heterocycles. The standard InChI is InChI=1S/C24H31N3O3/c1-18-8-10-20(11-9-18)24(29)27-14-12-26(13-15-27)22(19-5-2-3-6-19)23(28)25-17-21-7-4-16-30-21/h4,7-11,16,19,22H,2-3,5-6,12-15,17H2,1H3,(H,25,28)/t22-/m0/s1. The van der Waals surface area contributed by atoms with Crippen molar-refractivity contribution in [3.63, 3.8) is 0 Å². The van der Waals surface area contributed by atoms with Crippen molar-refractivity contribution in [1.82, 2.24) is 15.1 Å². The topological polar surface area (TPSA) is 65.8 Å². The highest BCUT2D eigenvalue weighted by atomic mass is 16.3. The van der Waals surface area contributed by atoms with E-state index in [1.807, 2.05) is 48.2 Å². The Bertz CT molecular complexity index is 833. The number of benzene rings is 1. The molecule has 1 aromatic carbocycles. The number of nitrogens with zero attached hydrogens (tertiary/aromatic N) is 2. The molecule has 30 heavy (non-hydrogen) atoms. The predicted octanol–water partition coefficient (Wildman–Crippen LogP) is 3.22. The summed E-state index contributed by atoms with van der Waals surface area (Å²) in [4.78, 5) is 30.1. The maximum Gasteiger partial charge on any atom is 0.253 e. The van der Waals surface area contributed by atoms with Crippen molar-refractivity contribution in [3.8, 4) is 0 Å². The van der Waals surface area contributed by atoms with Crippen LogP contribution in [0.25, 0.3) is 0 Å². The molecule has 0 radical (unpaired) electrons. The van der Waals surface area contributed by atoms with Gasteiger partial charge >= 0.3 is 0 Å². The Morgan fingerprint density at radius 3 is 2.40 bits per heavy atom. The van der Waals surface area contributed by atoms with Crippen LogP contribution in [-0.2, 0) is 11.3 Å². The van der Waals surface area contributed by atoms with Gasteiger partial charge < -0.3 is 14.6 Å². The van der Waals surface area contributed by atoms with Gasteiger partial charge in [0.2, 0.25) is 5.91 Å². The molecule has 1 aliphatic carbocycles. The molecule has 2 heterocycles. The maximum atomic E-state index is 13.1. The summed E-state index contributed by atoms with van der Waals surface area (Å²) in [6.45, 7) is 5.21. The van der Waals surface area contributed by atoms with Gasteiger partial charge in [-0.25, -0.2) is 0 Å². The van der Waals surface area contributed by atoms with E-state index < -0.39 is 0 Å². The number of hydrogen-bond donors (Lipinski definition) is 1. The summed E-state index contributed by atoms with van der Waals surface area (Å²) in [5.74, 6) is 1.31. The van der Waals surface area contributed by atoms with Crippen LogP contribution in [0.3, 0.4) is 0 Å². The molecule has 2 aromatic rings. The van der Waals surface area contributed by atoms with E-state index in [2.05, 4.69) is 10.2 Å². The highest BCUT2D eigenvalue weighted by molar-refractivity contribution is 5.94. The van der Waals surface area contributed by atoms with Gasteiger partial charge in [0.15, 0.2) is 0 Å². The second kappa shape index (κ2) is 9.47. The van der Waals surface area contributed by atoms with Crippen LogP contribution in [0.15, 0.2) is 47.1 Å². The first-order valence-corrected chi connectivity index (χ1v) is 11.0. The van der Waals surface area contributed by atoms with E-state index in [1.54, 1.807) is 6.26 Å². The Balaban J connectivity index is 1.38. The largest absolute Gasteiger partial charge is 0.467 e. The van der Waals surface area contributed by atoms with Gasteiger partial charge in [-0.05, 0) is 49.9 Å². The lowest BCUT2D eigenvalue weighted by Gasteiger charge is -2.40. The third kappa shape index (κ3) is 4.75. The molecular formula is C24H31N3O3. The molecule has 2 aliphatic rings. The Kier molecular flexibility index (Phi) is 6.53. The predicted molar refractivity (Wildman–Crippen MR) is 115 cm³/mol. The van der Waals surface area contributed by atoms with Crippen LogP contribution in [0.2, 0.25) is 0 Å². The van der Waals surface area contributed by atoms with E-state index >= 15 is 0 Å². The molecule has 1 N–H and O–H groups in total. The Morgan fingerprint density at radius 2 is 1.77 bits per heavy atom. The number of carbonyl (C=O) groups excluding carboxylic acids is 2. The molecule has 1 aliphatic heterocycles. The average molecular weight is 410 g/mol. The van der Waals surface area contributed by atoms with Crippen LogP contribution in [-0.4, -0.2) is 53.8 Å². The molecule has 0 bridgehead atoms. The van der Waals surface area contributed by atoms with Crippen molar-refractivity contribution in [2.75, 3.05) is 26.2 Å². The number of amides is 2. The second-order valence-corrected chi connectivity index (χ2v) is 8.48. The molecule has 0 spiro atoms. The zero-order valence-corrected chi connectivity index (χ0v) is 17.7. The molecule has 2 fully saturated rings. The first kappa shape index (κ1) is 20.7. The molecule has 6 nitrogen and oxygen atoms in total. The van der Waals surface area contributed by atoms with Crippen molar-refractivity contribution < 1.29 is 14.0 Å². The van der Waals surface area contributed by atoms with Gasteiger partial charge in [0.05, 0.1) is 18.8 Å². The van der Waals surface area contributed by atoms with E-state index in [0.29, 0.717) is 25.6 Å². The zero-order valence-electron chi connectivity index (χ0n) is 17.7. The smallest absolute Gasteiger partial charge is 0.253 e. The fourth-order valence-electron chi connectivity index (χ4n) is 4.73. The lowest BCUT2D eigenvalue weighted by Crippen LogP contribution is -2.57. The summed E-state index contributed by atoms with van der Waals surface area (Å²) < 4.78 is 5.35. The van der Waals surface area contributed by atoms with E-state index in [1.165, 1.54) is 12.8 Å². The van der Waals surface area contributed by atoms with E-state index in [0.717, 1.165) is 42.8 Å². The minimum atomic E-state index is -0.126. The SMILES string of the molecule is Cc1ccc(C(=O)N2CCN([C@H](C(=O)NCc3ccco3)C3CCCC3)CC2)cc1. The normalized spacial score (nSPS) is 19.0. The highest BCUT2D eigenvalue weighted by Gasteiger charge is 2.37. The van der Waals surface area contributed by atoms with E-state index in [-0.39, 0.29) is 17.9 Å². The monoisotopic (exact) mass is 409 g/mol. The minimum absolute atomic E-state index is 0.0781. The summed E-state index contributed by atoms with van der Waals surface area (Å²) in [5.41, 5.74) is 1.88. The van der Waals surface area contributed by atoms with Gasteiger partial charge in [-0.15, -0.1) is 0 Å². The van der Waals surface area contributed by atoms with Gasteiger partial charge in [0.25, 0.3) is 5.91 Å². The summed E-state index contributed by atoms with van der Waals surface area (Å²) in [6, 6.07) is 11.3. The van der Waals surface area contributed by atoms with Crippen LogP contribution >= 0.6 is 0 Å². The Hall–Kier alpha value is -2.60. The number of hydrogen-bond acceptors (Lipinski definition) is 4. The van der Waals surface area contributed by atoms with Crippen LogP contribution in [0.5, 0.6) is 0 Å². The van der Waals surface area contributed by atoms with Crippen LogP contribution < -0.4 is 5.32 Å². The van der Waals surface area contributed by atoms with Crippen LogP contribution in [0, 0.1) is 12.8 Å². The average Bonchev–Trinajstić information content (AvgIpc) is 3.48. The Labute approximate surface area is 178 Å². The molecule has 160 valence electrons. The number of carbonyl (C=O) groups is 2. The maximum absolute atomic E-state index is 13.1. The fraction of sp³-hybridized carbons (Fsp3) is 0.500. The molecule has 0 unspecified atom stereocenters. The number of rotatable bonds is 6. The van der Waals surface area contributed by atoms with Gasteiger partial charge in [0, 0.05) is 31.7 Å². The lowest BCUT2D eigenvalue weighted by atomic mass is 9.95. The molecule has 2 amide bonds. The first-order valence-electron chi connectivity index (χ1n) is 11.0. The molecule has 1 saturated carbocycles. The van der Waals surface area contributed by atoms with Crippen molar-refractivity contribution in [2.24, 2.45) is 5.92 Å². The summed E-state index contributed by atoms with van der Waals surface area (Å²) in [5, 5.41) is 3.07. The van der Waals surface area contributed by atoms with Gasteiger partial charge in [-0.2, -0.15) is 0 Å². The van der Waals surface area contributed by atoms with Gasteiger partial charge in [-0.3, -0.25) is 14.5 Å². The third-order valence-electron chi connectivity index (χ3n) is 6.43. The zero-order chi connectivity index (χ0) is 20.9. The second-order valence-electron chi connectivity index (χ2n) is 8.48. The quantitative estimate of drug-likeness (QED) is 0.796. The van der Waals surface area contributed by atoms with Crippen molar-refractivity contribution >= 4 is 11.8 Å². The van der Waals surface area contributed by atoms with Crippen molar-refractivity contribution in [1.29, 1.82) is 0 Å². The summed E-state index contributed by atoms with van der Waals surface area (Å²) in [6.07, 6.45) is 6.21. The molecule has 4 rings (SSSR count). The first-order chi connectivity index (χ1) is 14.6. The highest BCUT2D eigenvalue weighted by Crippen LogP contribution is 2.31. The summed E-state index contributed by atoms with van der Waals surface area (Å²) >= 11 is 0.